The number of likely N-dealkylation sites (N-methyl/N-ethyl adjacent to an activating group) is 1. The Morgan fingerprint density at radius 1 is 0.699 bits per heavy atom. The van der Waals surface area contributed by atoms with Crippen molar-refractivity contribution in [1.29, 1.82) is 0 Å². The Morgan fingerprint density at radius 3 is 1.95 bits per heavy atom. The molecule has 0 radical (unpaired) electrons. The van der Waals surface area contributed by atoms with Gasteiger partial charge >= 0.3 is 11.9 Å². The van der Waals surface area contributed by atoms with Crippen molar-refractivity contribution in [1.82, 2.24) is 5.32 Å². The number of fused-ring (bicyclic) bond motifs is 2. The number of allylic oxidation sites excluding steroid dienone is 4. The predicted molar refractivity (Wildman–Crippen MR) is 286 cm³/mol. The van der Waals surface area contributed by atoms with Crippen molar-refractivity contribution < 1.29 is 47.7 Å². The first kappa shape index (κ1) is 53.8. The molecule has 0 saturated heterocycles. The van der Waals surface area contributed by atoms with E-state index in [0.29, 0.717) is 17.9 Å². The van der Waals surface area contributed by atoms with Gasteiger partial charge in [-0.3, -0.25) is 14.4 Å². The summed E-state index contributed by atoms with van der Waals surface area (Å²) in [5.74, 6) is -0.349. The molecule has 1 unspecified atom stereocenters. The molecule has 73 heavy (non-hydrogen) atoms. The zero-order chi connectivity index (χ0) is 52.0. The second-order valence-corrected chi connectivity index (χ2v) is 19.6. The molecule has 0 aromatic heterocycles. The molecule has 2 aliphatic rings. The van der Waals surface area contributed by atoms with Crippen LogP contribution in [0.3, 0.4) is 0 Å². The van der Waals surface area contributed by atoms with Crippen LogP contribution in [-0.4, -0.2) is 93.0 Å². The molecule has 0 bridgehead atoms. The molecule has 12 heteroatoms. The van der Waals surface area contributed by atoms with E-state index in [1.54, 1.807) is 14.2 Å². The van der Waals surface area contributed by atoms with Crippen LogP contribution in [0, 0.1) is 0 Å². The number of nitrogens with zero attached hydrogens (tertiary/aromatic N) is 2. The highest BCUT2D eigenvalue weighted by Gasteiger charge is 2.44. The number of aliphatic carboxylic acids is 1. The molecule has 2 heterocycles. The van der Waals surface area contributed by atoms with Crippen LogP contribution in [0.25, 0.3) is 0 Å². The number of carboxylic acids is 1. The summed E-state index contributed by atoms with van der Waals surface area (Å²) in [7, 11) is 3.24. The first-order valence-corrected chi connectivity index (χ1v) is 25.5. The van der Waals surface area contributed by atoms with E-state index in [2.05, 4.69) is 116 Å². The van der Waals surface area contributed by atoms with Crippen LogP contribution in [0.1, 0.15) is 101 Å². The molecule has 1 amide bonds. The first-order chi connectivity index (χ1) is 35.2. The smallest absolute Gasteiger partial charge is 0.308 e. The van der Waals surface area contributed by atoms with Crippen LogP contribution in [0.15, 0.2) is 151 Å². The van der Waals surface area contributed by atoms with Crippen LogP contribution < -0.4 is 19.7 Å². The van der Waals surface area contributed by atoms with E-state index >= 15 is 0 Å². The van der Waals surface area contributed by atoms with Gasteiger partial charge in [0.05, 0.1) is 58.3 Å². The van der Waals surface area contributed by atoms with E-state index in [1.807, 2.05) is 78.9 Å². The minimum Gasteiger partial charge on any atom is -0.497 e. The Hall–Kier alpha value is -7.02. The number of methoxy groups -OCH3 is 2. The summed E-state index contributed by atoms with van der Waals surface area (Å²) in [5, 5.41) is 12.1. The van der Waals surface area contributed by atoms with Gasteiger partial charge in [0.2, 0.25) is 11.6 Å². The summed E-state index contributed by atoms with van der Waals surface area (Å²) in [6, 6.07) is 41.8. The molecule has 0 saturated carbocycles. The van der Waals surface area contributed by atoms with E-state index < -0.39 is 23.6 Å². The average Bonchev–Trinajstić information content (AvgIpc) is 3.75. The number of amides is 1. The second-order valence-electron chi connectivity index (χ2n) is 19.6. The van der Waals surface area contributed by atoms with E-state index in [0.717, 1.165) is 42.6 Å². The lowest BCUT2D eigenvalue weighted by Gasteiger charge is -2.37. The van der Waals surface area contributed by atoms with Crippen LogP contribution in [0.2, 0.25) is 0 Å². The lowest BCUT2D eigenvalue weighted by molar-refractivity contribution is -0.438. The number of hydrogen-bond donors (Lipinski definition) is 2. The van der Waals surface area contributed by atoms with Crippen molar-refractivity contribution in [3.63, 3.8) is 0 Å². The Labute approximate surface area is 431 Å². The van der Waals surface area contributed by atoms with Gasteiger partial charge in [0.1, 0.15) is 30.3 Å². The number of carboxylic acid groups (broad SMARTS) is 1. The highest BCUT2D eigenvalue weighted by molar-refractivity contribution is 6.03. The fourth-order valence-electron chi connectivity index (χ4n) is 10.2. The number of benzene rings is 5. The van der Waals surface area contributed by atoms with Crippen molar-refractivity contribution in [3.05, 3.63) is 179 Å². The number of hydrogen-bond acceptors (Lipinski definition) is 9. The number of carbonyl (C=O) groups is 3. The van der Waals surface area contributed by atoms with E-state index in [9.17, 15) is 14.4 Å². The number of carbonyl (C=O) groups excluding carboxylic acids is 2. The Balaban J connectivity index is 1.07. The first-order valence-electron chi connectivity index (χ1n) is 25.5. The van der Waals surface area contributed by atoms with Crippen molar-refractivity contribution in [3.8, 4) is 11.5 Å². The Bertz CT molecular complexity index is 2710. The molecule has 0 spiro atoms. The highest BCUT2D eigenvalue weighted by atomic mass is 16.5. The van der Waals surface area contributed by atoms with E-state index in [4.69, 9.17) is 28.8 Å². The SMILES string of the molecule is CCN1/C(=C/C=C/C2=[N+](CCCCCC(=O)NC(COC(=O)CCOCCC(=O)O)COC(c3ccccc3)(c3ccc(OC)cc3)c3ccc(OC)cc3)c3ccccc3C2(C)C)C(C)(C)c2ccccc21. The van der Waals surface area contributed by atoms with Crippen LogP contribution in [0.5, 0.6) is 11.5 Å². The quantitative estimate of drug-likeness (QED) is 0.0239. The summed E-state index contributed by atoms with van der Waals surface area (Å²) in [6.45, 7) is 12.9. The molecular formula is C61H72N3O9+. The number of unbranched alkanes of at least 4 members (excludes halogenated alkanes) is 2. The van der Waals surface area contributed by atoms with Crippen LogP contribution >= 0.6 is 0 Å². The maximum atomic E-state index is 13.9. The molecule has 7 rings (SSSR count). The molecule has 0 aliphatic carbocycles. The minimum absolute atomic E-state index is 0.00498. The van der Waals surface area contributed by atoms with Crippen molar-refractivity contribution in [2.75, 3.05) is 58.6 Å². The Morgan fingerprint density at radius 2 is 1.30 bits per heavy atom. The van der Waals surface area contributed by atoms with Gasteiger partial charge < -0.3 is 39.0 Å². The van der Waals surface area contributed by atoms with Crippen molar-refractivity contribution in [2.45, 2.75) is 95.6 Å². The monoisotopic (exact) mass is 991 g/mol. The van der Waals surface area contributed by atoms with Gasteiger partial charge in [-0.25, -0.2) is 0 Å². The van der Waals surface area contributed by atoms with E-state index in [1.165, 1.54) is 33.9 Å². The van der Waals surface area contributed by atoms with Gasteiger partial charge in [0.15, 0.2) is 5.71 Å². The van der Waals surface area contributed by atoms with Crippen LogP contribution in [0.4, 0.5) is 11.4 Å². The second kappa shape index (κ2) is 24.6. The fourth-order valence-corrected chi connectivity index (χ4v) is 10.2. The molecule has 1 atom stereocenters. The standard InChI is InChI=1S/C61H71N3O9/c1-8-63-52-24-16-14-22-50(52)59(2,3)54(63)26-19-27-55-60(4,5)51-23-15-17-25-53(51)64(55)39-18-10-13-28-56(65)62-47(42-72-58(68)38-41-71-40-37-57(66)67)43-73-61(44-20-11-9-12-21-44,45-29-33-48(69-6)34-30-45)46-31-35-49(70-7)36-32-46/h9,11-12,14-17,19-27,29-36,47H,8,10,13,18,28,37-43H2,1-7H3,(H-,62,65,66,67)/p+1. The predicted octanol–water partition coefficient (Wildman–Crippen LogP) is 10.8. The van der Waals surface area contributed by atoms with Crippen molar-refractivity contribution in [2.24, 2.45) is 0 Å². The molecule has 2 N–H and O–H groups in total. The summed E-state index contributed by atoms with van der Waals surface area (Å²) in [5.41, 5.74) is 8.59. The van der Waals surface area contributed by atoms with Gasteiger partial charge in [-0.15, -0.1) is 0 Å². The summed E-state index contributed by atoms with van der Waals surface area (Å²) in [6.07, 6.45) is 9.13. The minimum atomic E-state index is -1.18. The van der Waals surface area contributed by atoms with Gasteiger partial charge in [-0.05, 0) is 92.3 Å². The van der Waals surface area contributed by atoms with Gasteiger partial charge in [0, 0.05) is 53.9 Å². The van der Waals surface area contributed by atoms with Gasteiger partial charge in [0.25, 0.3) is 0 Å². The van der Waals surface area contributed by atoms with Gasteiger partial charge in [-0.1, -0.05) is 111 Å². The van der Waals surface area contributed by atoms with Crippen molar-refractivity contribution >= 4 is 34.9 Å². The van der Waals surface area contributed by atoms with Gasteiger partial charge in [-0.2, -0.15) is 4.58 Å². The lowest BCUT2D eigenvalue weighted by atomic mass is 9.80. The number of ether oxygens (including phenoxy) is 5. The molecule has 2 aliphatic heterocycles. The zero-order valence-corrected chi connectivity index (χ0v) is 43.5. The molecular weight excluding hydrogens is 919 g/mol. The zero-order valence-electron chi connectivity index (χ0n) is 43.5. The number of esters is 1. The summed E-state index contributed by atoms with van der Waals surface area (Å²) in [4.78, 5) is 40.3. The normalized spacial score (nSPS) is 15.5. The number of nitrogens with one attached hydrogen (secondary N) is 1. The molecule has 12 nitrogen and oxygen atoms in total. The number of anilines is 1. The van der Waals surface area contributed by atoms with E-state index in [-0.39, 0.29) is 62.4 Å². The number of rotatable bonds is 26. The maximum Gasteiger partial charge on any atom is 0.308 e. The average molecular weight is 991 g/mol. The third-order valence-corrected chi connectivity index (χ3v) is 14.1. The third-order valence-electron chi connectivity index (χ3n) is 14.1. The maximum absolute atomic E-state index is 13.9. The Kier molecular flexibility index (Phi) is 18.1. The van der Waals surface area contributed by atoms with Crippen LogP contribution in [-0.2, 0) is 45.0 Å². The largest absolute Gasteiger partial charge is 0.497 e. The summed E-state index contributed by atoms with van der Waals surface area (Å²) < 4.78 is 31.7. The third kappa shape index (κ3) is 12.4. The molecule has 5 aromatic carbocycles. The summed E-state index contributed by atoms with van der Waals surface area (Å²) >= 11 is 0. The molecule has 384 valence electrons. The lowest BCUT2D eigenvalue weighted by Crippen LogP contribution is -2.45. The molecule has 0 fully saturated rings. The molecule has 5 aromatic rings. The highest BCUT2D eigenvalue weighted by Crippen LogP contribution is 2.48. The number of para-hydroxylation sites is 2. The fraction of sp³-hybridized carbons (Fsp3) is 0.377. The topological polar surface area (TPSA) is 136 Å².